The summed E-state index contributed by atoms with van der Waals surface area (Å²) in [6.45, 7) is 4.83. The third-order valence-corrected chi connectivity index (χ3v) is 11.8. The van der Waals surface area contributed by atoms with Crippen molar-refractivity contribution in [3.05, 3.63) is 48.6 Å². The van der Waals surface area contributed by atoms with Gasteiger partial charge in [0.1, 0.15) is 0 Å². The third-order valence-electron chi connectivity index (χ3n) is 11.8. The lowest BCUT2D eigenvalue weighted by molar-refractivity contribution is -0.143. The molecule has 356 valence electrons. The van der Waals surface area contributed by atoms with Gasteiger partial charge in [-0.25, -0.2) is 0 Å². The number of nitrogens with one attached hydrogen (secondary N) is 1. The fraction of sp³-hybridized carbons (Fsp3) is 0.818. The Bertz CT molecular complexity index is 1040. The first-order chi connectivity index (χ1) is 30.0. The molecule has 0 radical (unpaired) electrons. The van der Waals surface area contributed by atoms with E-state index in [4.69, 9.17) is 4.74 Å². The van der Waals surface area contributed by atoms with Crippen LogP contribution in [-0.4, -0.2) is 47.4 Å². The Hall–Kier alpha value is -2.18. The SMILES string of the molecule is CCCCCC/C=C\C/C=C\CCCCCCCC(=O)OCCCCCCCC/C=C\CCCCCCCCCC(=O)NC(CO)C(O)/C=C/CCCCCCCCCCC. The van der Waals surface area contributed by atoms with Gasteiger partial charge < -0.3 is 20.3 Å². The largest absolute Gasteiger partial charge is 0.466 e. The first-order valence-corrected chi connectivity index (χ1v) is 26.4. The molecular weight excluding hydrogens is 755 g/mol. The van der Waals surface area contributed by atoms with E-state index >= 15 is 0 Å². The van der Waals surface area contributed by atoms with Gasteiger partial charge in [0.15, 0.2) is 0 Å². The zero-order chi connectivity index (χ0) is 44.4. The average molecular weight is 856 g/mol. The Morgan fingerprint density at radius 1 is 0.459 bits per heavy atom. The van der Waals surface area contributed by atoms with E-state index in [1.54, 1.807) is 6.08 Å². The van der Waals surface area contributed by atoms with Crippen LogP contribution in [0, 0.1) is 0 Å². The van der Waals surface area contributed by atoms with Crippen LogP contribution in [0.15, 0.2) is 48.6 Å². The molecule has 2 unspecified atom stereocenters. The number of rotatable bonds is 48. The fourth-order valence-electron chi connectivity index (χ4n) is 7.71. The average Bonchev–Trinajstić information content (AvgIpc) is 3.26. The highest BCUT2D eigenvalue weighted by Gasteiger charge is 2.18. The quantitative estimate of drug-likeness (QED) is 0.0322. The molecule has 1 amide bonds. The highest BCUT2D eigenvalue weighted by molar-refractivity contribution is 5.76. The molecule has 61 heavy (non-hydrogen) atoms. The van der Waals surface area contributed by atoms with Crippen molar-refractivity contribution in [2.45, 2.75) is 276 Å². The van der Waals surface area contributed by atoms with Gasteiger partial charge in [-0.15, -0.1) is 0 Å². The molecule has 0 saturated carbocycles. The molecular formula is C55H101NO5. The van der Waals surface area contributed by atoms with Crippen molar-refractivity contribution in [1.29, 1.82) is 0 Å². The van der Waals surface area contributed by atoms with Gasteiger partial charge in [-0.3, -0.25) is 9.59 Å². The highest BCUT2D eigenvalue weighted by Crippen LogP contribution is 2.14. The highest BCUT2D eigenvalue weighted by atomic mass is 16.5. The van der Waals surface area contributed by atoms with E-state index in [9.17, 15) is 19.8 Å². The Balaban J connectivity index is 3.49. The van der Waals surface area contributed by atoms with Crippen LogP contribution in [0.2, 0.25) is 0 Å². The van der Waals surface area contributed by atoms with Crippen LogP contribution in [0.1, 0.15) is 264 Å². The molecule has 0 spiro atoms. The second kappa shape index (κ2) is 50.5. The first-order valence-electron chi connectivity index (χ1n) is 26.4. The summed E-state index contributed by atoms with van der Waals surface area (Å²) in [4.78, 5) is 24.4. The minimum absolute atomic E-state index is 0.0172. The van der Waals surface area contributed by atoms with Crippen LogP contribution in [-0.2, 0) is 14.3 Å². The van der Waals surface area contributed by atoms with Gasteiger partial charge in [0.25, 0.3) is 0 Å². The summed E-state index contributed by atoms with van der Waals surface area (Å²) in [5.41, 5.74) is 0. The summed E-state index contributed by atoms with van der Waals surface area (Å²) in [5, 5.41) is 23.0. The van der Waals surface area contributed by atoms with Crippen molar-refractivity contribution >= 4 is 11.9 Å². The van der Waals surface area contributed by atoms with E-state index in [2.05, 4.69) is 55.6 Å². The van der Waals surface area contributed by atoms with Crippen LogP contribution < -0.4 is 5.32 Å². The number of amides is 1. The smallest absolute Gasteiger partial charge is 0.305 e. The maximum absolute atomic E-state index is 12.4. The Labute approximate surface area is 378 Å². The summed E-state index contributed by atoms with van der Waals surface area (Å²) in [5.74, 6) is -0.100. The number of ether oxygens (including phenoxy) is 1. The topological polar surface area (TPSA) is 95.9 Å². The first kappa shape index (κ1) is 58.8. The lowest BCUT2D eigenvalue weighted by Gasteiger charge is -2.20. The molecule has 0 fully saturated rings. The molecule has 0 bridgehead atoms. The van der Waals surface area contributed by atoms with E-state index < -0.39 is 12.1 Å². The molecule has 0 saturated heterocycles. The number of unbranched alkanes of at least 4 members (excludes halogenated alkanes) is 31. The number of hydrogen-bond acceptors (Lipinski definition) is 5. The molecule has 3 N–H and O–H groups in total. The number of aliphatic hydroxyl groups is 2. The van der Waals surface area contributed by atoms with Crippen molar-refractivity contribution in [2.24, 2.45) is 0 Å². The normalized spacial score (nSPS) is 13.0. The number of aliphatic hydroxyl groups excluding tert-OH is 2. The van der Waals surface area contributed by atoms with Crippen molar-refractivity contribution in [3.63, 3.8) is 0 Å². The summed E-state index contributed by atoms with van der Waals surface area (Å²) in [6, 6.07) is -0.636. The van der Waals surface area contributed by atoms with Crippen LogP contribution in [0.5, 0.6) is 0 Å². The molecule has 0 aromatic rings. The minimum Gasteiger partial charge on any atom is -0.466 e. The van der Waals surface area contributed by atoms with Crippen LogP contribution in [0.4, 0.5) is 0 Å². The molecule has 0 aliphatic heterocycles. The van der Waals surface area contributed by atoms with Crippen LogP contribution >= 0.6 is 0 Å². The predicted molar refractivity (Wildman–Crippen MR) is 264 cm³/mol. The van der Waals surface area contributed by atoms with Gasteiger partial charge in [-0.2, -0.15) is 0 Å². The second-order valence-corrected chi connectivity index (χ2v) is 17.8. The van der Waals surface area contributed by atoms with E-state index in [-0.39, 0.29) is 18.5 Å². The summed E-state index contributed by atoms with van der Waals surface area (Å²) in [6.07, 6.45) is 62.6. The van der Waals surface area contributed by atoms with Gasteiger partial charge >= 0.3 is 5.97 Å². The monoisotopic (exact) mass is 856 g/mol. The lowest BCUT2D eigenvalue weighted by atomic mass is 10.1. The van der Waals surface area contributed by atoms with E-state index in [1.807, 2.05) is 6.08 Å². The lowest BCUT2D eigenvalue weighted by Crippen LogP contribution is -2.45. The summed E-state index contributed by atoms with van der Waals surface area (Å²) in [7, 11) is 0. The fourth-order valence-corrected chi connectivity index (χ4v) is 7.71. The zero-order valence-electron chi connectivity index (χ0n) is 40.4. The molecule has 0 aromatic carbocycles. The van der Waals surface area contributed by atoms with Gasteiger partial charge in [-0.05, 0) is 89.9 Å². The van der Waals surface area contributed by atoms with Crippen molar-refractivity contribution in [3.8, 4) is 0 Å². The maximum Gasteiger partial charge on any atom is 0.305 e. The molecule has 2 atom stereocenters. The standard InChI is InChI=1S/C55H101NO5/c1-3-5-7-9-11-13-15-16-17-22-25-29-33-37-41-45-49-55(60)61-50-46-42-38-34-30-26-23-20-18-19-21-24-28-32-36-40-44-48-54(59)56-52(51-57)53(58)47-43-39-35-31-27-14-12-10-8-6-4-2/h13,15,17-18,20,22,43,47,52-53,57-58H,3-12,14,16,19,21,23-42,44-46,48-51H2,1-2H3,(H,56,59)/b15-13-,20-18-,22-17-,47-43+. The van der Waals surface area contributed by atoms with Gasteiger partial charge in [0.05, 0.1) is 25.4 Å². The van der Waals surface area contributed by atoms with Gasteiger partial charge in [0, 0.05) is 12.8 Å². The molecule has 0 rings (SSSR count). The molecule has 0 aliphatic carbocycles. The number of allylic oxidation sites excluding steroid dienone is 7. The van der Waals surface area contributed by atoms with Gasteiger partial charge in [0.2, 0.25) is 5.91 Å². The Kier molecular flexibility index (Phi) is 48.7. The van der Waals surface area contributed by atoms with E-state index in [0.29, 0.717) is 19.4 Å². The number of carbonyl (C=O) groups excluding carboxylic acids is 2. The second-order valence-electron chi connectivity index (χ2n) is 17.8. The third kappa shape index (κ3) is 47.1. The van der Waals surface area contributed by atoms with Crippen molar-refractivity contribution in [1.82, 2.24) is 5.32 Å². The van der Waals surface area contributed by atoms with E-state index in [0.717, 1.165) is 64.2 Å². The van der Waals surface area contributed by atoms with Gasteiger partial charge in [-0.1, -0.05) is 210 Å². The number of hydrogen-bond donors (Lipinski definition) is 3. The molecule has 0 aromatic heterocycles. The van der Waals surface area contributed by atoms with Crippen LogP contribution in [0.3, 0.4) is 0 Å². The van der Waals surface area contributed by atoms with E-state index in [1.165, 1.54) is 173 Å². The minimum atomic E-state index is -0.852. The summed E-state index contributed by atoms with van der Waals surface area (Å²) >= 11 is 0. The molecule has 6 nitrogen and oxygen atoms in total. The Morgan fingerprint density at radius 3 is 1.28 bits per heavy atom. The molecule has 0 heterocycles. The number of carbonyl (C=O) groups is 2. The van der Waals surface area contributed by atoms with Crippen molar-refractivity contribution in [2.75, 3.05) is 13.2 Å². The Morgan fingerprint density at radius 2 is 0.820 bits per heavy atom. The molecule has 0 aliphatic rings. The predicted octanol–water partition coefficient (Wildman–Crippen LogP) is 15.8. The summed E-state index contributed by atoms with van der Waals surface area (Å²) < 4.78 is 5.46. The zero-order valence-corrected chi connectivity index (χ0v) is 40.4. The van der Waals surface area contributed by atoms with Crippen LogP contribution in [0.25, 0.3) is 0 Å². The maximum atomic E-state index is 12.4. The number of esters is 1. The molecule has 6 heteroatoms. The van der Waals surface area contributed by atoms with Crippen molar-refractivity contribution < 1.29 is 24.5 Å².